The largest absolute Gasteiger partial charge is 0.317 e. The van der Waals surface area contributed by atoms with Crippen molar-refractivity contribution in [3.05, 3.63) is 35.4 Å². The standard InChI is InChI=1S/C14H21NS/c1-12-3-2-4-14(9-12)11-16-10-13-5-7-15-8-6-13/h2-4,9,13,15H,5-8,10-11H2,1H3. The Morgan fingerprint density at radius 2 is 2.12 bits per heavy atom. The van der Waals surface area contributed by atoms with Crippen LogP contribution in [0.15, 0.2) is 24.3 Å². The fraction of sp³-hybridized carbons (Fsp3) is 0.571. The molecule has 1 aliphatic heterocycles. The third-order valence-corrected chi connectivity index (χ3v) is 4.41. The van der Waals surface area contributed by atoms with Crippen LogP contribution in [0.2, 0.25) is 0 Å². The van der Waals surface area contributed by atoms with Gasteiger partial charge in [-0.3, -0.25) is 0 Å². The van der Waals surface area contributed by atoms with Crippen LogP contribution in [0.4, 0.5) is 0 Å². The molecular weight excluding hydrogens is 214 g/mol. The van der Waals surface area contributed by atoms with Crippen LogP contribution >= 0.6 is 11.8 Å². The molecule has 0 bridgehead atoms. The van der Waals surface area contributed by atoms with Gasteiger partial charge in [0.15, 0.2) is 0 Å². The van der Waals surface area contributed by atoms with Gasteiger partial charge < -0.3 is 5.32 Å². The summed E-state index contributed by atoms with van der Waals surface area (Å²) in [7, 11) is 0. The Morgan fingerprint density at radius 1 is 1.31 bits per heavy atom. The lowest BCUT2D eigenvalue weighted by molar-refractivity contribution is 0.408. The maximum absolute atomic E-state index is 3.42. The van der Waals surface area contributed by atoms with Gasteiger partial charge in [0.1, 0.15) is 0 Å². The fourth-order valence-corrected chi connectivity index (χ4v) is 3.39. The van der Waals surface area contributed by atoms with Crippen molar-refractivity contribution in [3.63, 3.8) is 0 Å². The number of benzene rings is 1. The van der Waals surface area contributed by atoms with Gasteiger partial charge in [-0.15, -0.1) is 0 Å². The molecule has 1 N–H and O–H groups in total. The molecule has 88 valence electrons. The first kappa shape index (κ1) is 12.0. The van der Waals surface area contributed by atoms with Crippen LogP contribution in [0.25, 0.3) is 0 Å². The monoisotopic (exact) mass is 235 g/mol. The minimum atomic E-state index is 0.941. The lowest BCUT2D eigenvalue weighted by atomic mass is 10.0. The Hall–Kier alpha value is -0.470. The van der Waals surface area contributed by atoms with E-state index in [1.165, 1.54) is 48.6 Å². The molecule has 2 heteroatoms. The lowest BCUT2D eigenvalue weighted by Gasteiger charge is -2.22. The molecule has 1 heterocycles. The maximum atomic E-state index is 3.42. The fourth-order valence-electron chi connectivity index (χ4n) is 2.19. The lowest BCUT2D eigenvalue weighted by Crippen LogP contribution is -2.28. The molecule has 1 aliphatic rings. The maximum Gasteiger partial charge on any atom is 0.0184 e. The third-order valence-electron chi connectivity index (χ3n) is 3.16. The van der Waals surface area contributed by atoms with Crippen LogP contribution in [0, 0.1) is 12.8 Å². The van der Waals surface area contributed by atoms with E-state index in [2.05, 4.69) is 48.3 Å². The van der Waals surface area contributed by atoms with Crippen LogP contribution < -0.4 is 5.32 Å². The summed E-state index contributed by atoms with van der Waals surface area (Å²) in [5.41, 5.74) is 2.85. The van der Waals surface area contributed by atoms with Crippen LogP contribution in [-0.4, -0.2) is 18.8 Å². The van der Waals surface area contributed by atoms with E-state index in [9.17, 15) is 0 Å². The predicted molar refractivity (Wildman–Crippen MR) is 72.9 cm³/mol. The van der Waals surface area contributed by atoms with Gasteiger partial charge in [0.25, 0.3) is 0 Å². The first-order chi connectivity index (χ1) is 7.84. The Balaban J connectivity index is 1.71. The number of piperidine rings is 1. The number of hydrogen-bond acceptors (Lipinski definition) is 2. The molecule has 0 amide bonds. The normalized spacial score (nSPS) is 17.6. The molecule has 1 fully saturated rings. The molecule has 2 rings (SSSR count). The summed E-state index contributed by atoms with van der Waals surface area (Å²) in [5.74, 6) is 3.44. The molecule has 1 aromatic rings. The molecule has 0 saturated carbocycles. The number of rotatable bonds is 4. The molecule has 16 heavy (non-hydrogen) atoms. The van der Waals surface area contributed by atoms with Crippen LogP contribution in [0.1, 0.15) is 24.0 Å². The van der Waals surface area contributed by atoms with Gasteiger partial charge in [0.2, 0.25) is 0 Å². The molecule has 1 saturated heterocycles. The van der Waals surface area contributed by atoms with Crippen LogP contribution in [-0.2, 0) is 5.75 Å². The number of nitrogens with one attached hydrogen (secondary N) is 1. The SMILES string of the molecule is Cc1cccc(CSCC2CCNCC2)c1. The van der Waals surface area contributed by atoms with Crippen LogP contribution in [0.5, 0.6) is 0 Å². The number of thioether (sulfide) groups is 1. The van der Waals surface area contributed by atoms with Gasteiger partial charge in [-0.25, -0.2) is 0 Å². The van der Waals surface area contributed by atoms with Crippen molar-refractivity contribution in [3.8, 4) is 0 Å². The third kappa shape index (κ3) is 3.84. The van der Waals surface area contributed by atoms with E-state index < -0.39 is 0 Å². The summed E-state index contributed by atoms with van der Waals surface area (Å²) in [6.45, 7) is 4.60. The van der Waals surface area contributed by atoms with E-state index in [-0.39, 0.29) is 0 Å². The summed E-state index contributed by atoms with van der Waals surface area (Å²) >= 11 is 2.09. The Morgan fingerprint density at radius 3 is 2.88 bits per heavy atom. The summed E-state index contributed by atoms with van der Waals surface area (Å²) < 4.78 is 0. The molecule has 0 aliphatic carbocycles. The van der Waals surface area contributed by atoms with E-state index in [1.807, 2.05) is 0 Å². The van der Waals surface area contributed by atoms with E-state index in [1.54, 1.807) is 0 Å². The van der Waals surface area contributed by atoms with Crippen LogP contribution in [0.3, 0.4) is 0 Å². The second-order valence-corrected chi connectivity index (χ2v) is 5.73. The van der Waals surface area contributed by atoms with Crippen molar-refractivity contribution >= 4 is 11.8 Å². The molecule has 0 atom stereocenters. The average Bonchev–Trinajstić information content (AvgIpc) is 2.30. The van der Waals surface area contributed by atoms with E-state index >= 15 is 0 Å². The van der Waals surface area contributed by atoms with Gasteiger partial charge >= 0.3 is 0 Å². The zero-order chi connectivity index (χ0) is 11.2. The Labute approximate surface area is 103 Å². The Bertz CT molecular complexity index is 318. The molecule has 1 nitrogen and oxygen atoms in total. The highest BCUT2D eigenvalue weighted by molar-refractivity contribution is 7.98. The van der Waals surface area contributed by atoms with Crippen molar-refractivity contribution < 1.29 is 0 Å². The number of hydrogen-bond donors (Lipinski definition) is 1. The highest BCUT2D eigenvalue weighted by atomic mass is 32.2. The second-order valence-electron chi connectivity index (χ2n) is 4.70. The highest BCUT2D eigenvalue weighted by Crippen LogP contribution is 2.21. The van der Waals surface area contributed by atoms with Crippen molar-refractivity contribution in [1.29, 1.82) is 0 Å². The van der Waals surface area contributed by atoms with Gasteiger partial charge in [0, 0.05) is 5.75 Å². The zero-order valence-electron chi connectivity index (χ0n) is 10.0. The summed E-state index contributed by atoms with van der Waals surface area (Å²) in [5, 5.41) is 3.42. The van der Waals surface area contributed by atoms with E-state index in [0.717, 1.165) is 5.92 Å². The molecule has 0 unspecified atom stereocenters. The molecule has 1 aromatic carbocycles. The molecule has 0 radical (unpaired) electrons. The average molecular weight is 235 g/mol. The summed E-state index contributed by atoms with van der Waals surface area (Å²) in [6.07, 6.45) is 2.72. The quantitative estimate of drug-likeness (QED) is 0.860. The molecular formula is C14H21NS. The van der Waals surface area contributed by atoms with Crippen molar-refractivity contribution in [1.82, 2.24) is 5.32 Å². The minimum absolute atomic E-state index is 0.941. The van der Waals surface area contributed by atoms with Crippen molar-refractivity contribution in [2.45, 2.75) is 25.5 Å². The zero-order valence-corrected chi connectivity index (χ0v) is 10.9. The highest BCUT2D eigenvalue weighted by Gasteiger charge is 2.12. The molecule has 0 aromatic heterocycles. The van der Waals surface area contributed by atoms with Gasteiger partial charge in [-0.05, 0) is 50.1 Å². The van der Waals surface area contributed by atoms with Gasteiger partial charge in [-0.2, -0.15) is 11.8 Å². The van der Waals surface area contributed by atoms with Gasteiger partial charge in [-0.1, -0.05) is 29.8 Å². The topological polar surface area (TPSA) is 12.0 Å². The van der Waals surface area contributed by atoms with E-state index in [0.29, 0.717) is 0 Å². The Kier molecular flexibility index (Phi) is 4.73. The van der Waals surface area contributed by atoms with Gasteiger partial charge in [0.05, 0.1) is 0 Å². The molecule has 0 spiro atoms. The first-order valence-electron chi connectivity index (χ1n) is 6.18. The first-order valence-corrected chi connectivity index (χ1v) is 7.34. The summed E-state index contributed by atoms with van der Waals surface area (Å²) in [6, 6.07) is 8.87. The smallest absolute Gasteiger partial charge is 0.0184 e. The number of aryl methyl sites for hydroxylation is 1. The minimum Gasteiger partial charge on any atom is -0.317 e. The van der Waals surface area contributed by atoms with E-state index in [4.69, 9.17) is 0 Å². The second kappa shape index (κ2) is 6.31. The summed E-state index contributed by atoms with van der Waals surface area (Å²) in [4.78, 5) is 0. The predicted octanol–water partition coefficient (Wildman–Crippen LogP) is 3.23. The van der Waals surface area contributed by atoms with Crippen molar-refractivity contribution in [2.75, 3.05) is 18.8 Å². The van der Waals surface area contributed by atoms with Crippen molar-refractivity contribution in [2.24, 2.45) is 5.92 Å².